The molecule has 0 aliphatic carbocycles. The van der Waals surface area contributed by atoms with Crippen LogP contribution in [0.15, 0.2) is 72.6 Å². The monoisotopic (exact) mass is 386 g/mol. The van der Waals surface area contributed by atoms with Crippen LogP contribution in [-0.2, 0) is 4.43 Å². The first-order valence-corrected chi connectivity index (χ1v) is 11.4. The van der Waals surface area contributed by atoms with Gasteiger partial charge in [-0.15, -0.1) is 0 Å². The Hall–Kier alpha value is -1.75. The molecule has 2 atom stereocenters. The number of hydrogen-bond donors (Lipinski definition) is 1. The molecule has 0 saturated carbocycles. The summed E-state index contributed by atoms with van der Waals surface area (Å²) in [6.07, 6.45) is 1.26. The van der Waals surface area contributed by atoms with Gasteiger partial charge in [0, 0.05) is 12.0 Å². The van der Waals surface area contributed by atoms with Crippen molar-refractivity contribution in [3.05, 3.63) is 72.6 Å². The maximum atomic E-state index is 13.6. The van der Waals surface area contributed by atoms with E-state index in [9.17, 15) is 4.39 Å². The minimum Gasteiger partial charge on any atom is -0.404 e. The van der Waals surface area contributed by atoms with Crippen LogP contribution in [0.5, 0.6) is 0 Å². The van der Waals surface area contributed by atoms with E-state index in [1.807, 2.05) is 26.0 Å². The highest BCUT2D eigenvalue weighted by Gasteiger charge is 2.51. The Morgan fingerprint density at radius 3 is 1.81 bits per heavy atom. The molecule has 0 unspecified atom stereocenters. The molecule has 0 aliphatic heterocycles. The first-order valence-electron chi connectivity index (χ1n) is 9.48. The largest absolute Gasteiger partial charge is 0.404 e. The molecule has 0 bridgehead atoms. The predicted molar refractivity (Wildman–Crippen MR) is 114 cm³/mol. The van der Waals surface area contributed by atoms with Crippen LogP contribution < -0.4 is 10.4 Å². The van der Waals surface area contributed by atoms with Crippen LogP contribution in [0.4, 0.5) is 4.39 Å². The molecule has 27 heavy (non-hydrogen) atoms. The van der Waals surface area contributed by atoms with Crippen molar-refractivity contribution < 1.29 is 13.9 Å². The van der Waals surface area contributed by atoms with Crippen molar-refractivity contribution in [2.75, 3.05) is 6.61 Å². The van der Waals surface area contributed by atoms with E-state index in [1.54, 1.807) is 0 Å². The van der Waals surface area contributed by atoms with E-state index in [1.165, 1.54) is 16.4 Å². The molecule has 4 heteroatoms. The molecule has 2 aromatic carbocycles. The second kappa shape index (κ2) is 8.96. The summed E-state index contributed by atoms with van der Waals surface area (Å²) in [5.41, 5.74) is 0. The van der Waals surface area contributed by atoms with Gasteiger partial charge in [-0.1, -0.05) is 88.4 Å². The molecule has 0 heterocycles. The van der Waals surface area contributed by atoms with Crippen LogP contribution in [-0.4, -0.2) is 26.1 Å². The molecular formula is C23H31FO2Si. The van der Waals surface area contributed by atoms with E-state index in [4.69, 9.17) is 9.53 Å². The maximum Gasteiger partial charge on any atom is 0.261 e. The van der Waals surface area contributed by atoms with Crippen molar-refractivity contribution in [2.24, 2.45) is 5.92 Å². The van der Waals surface area contributed by atoms with Crippen molar-refractivity contribution >= 4 is 18.7 Å². The Balaban J connectivity index is 2.59. The van der Waals surface area contributed by atoms with Gasteiger partial charge in [0.15, 0.2) is 0 Å². The molecule has 0 aromatic heterocycles. The van der Waals surface area contributed by atoms with Gasteiger partial charge in [0.05, 0.1) is 6.61 Å². The zero-order valence-electron chi connectivity index (χ0n) is 16.9. The number of aliphatic hydroxyl groups excluding tert-OH is 1. The summed E-state index contributed by atoms with van der Waals surface area (Å²) in [5.74, 6) is -0.667. The SMILES string of the molecule is C[C@H](/C=C(/F)CO)[C@H](C)O[Si](c1ccccc1)(c1ccccc1)C(C)(C)C. The Morgan fingerprint density at radius 2 is 1.44 bits per heavy atom. The van der Waals surface area contributed by atoms with Gasteiger partial charge in [0.25, 0.3) is 8.32 Å². The Bertz CT molecular complexity index is 698. The first kappa shape index (κ1) is 21.5. The van der Waals surface area contributed by atoms with Crippen LogP contribution >= 0.6 is 0 Å². The van der Waals surface area contributed by atoms with Crippen molar-refractivity contribution in [1.29, 1.82) is 0 Å². The molecule has 2 nitrogen and oxygen atoms in total. The fourth-order valence-electron chi connectivity index (χ4n) is 3.55. The quantitative estimate of drug-likeness (QED) is 0.713. The smallest absolute Gasteiger partial charge is 0.261 e. The summed E-state index contributed by atoms with van der Waals surface area (Å²) in [7, 11) is -2.65. The second-order valence-electron chi connectivity index (χ2n) is 8.12. The number of aliphatic hydroxyl groups is 1. The fraction of sp³-hybridized carbons (Fsp3) is 0.391. The molecule has 0 saturated heterocycles. The van der Waals surface area contributed by atoms with Crippen molar-refractivity contribution in [3.63, 3.8) is 0 Å². The summed E-state index contributed by atoms with van der Waals surface area (Å²) in [6, 6.07) is 20.8. The van der Waals surface area contributed by atoms with Crippen molar-refractivity contribution in [3.8, 4) is 0 Å². The number of halogens is 1. The van der Waals surface area contributed by atoms with Crippen LogP contribution in [0.3, 0.4) is 0 Å². The molecule has 0 spiro atoms. The zero-order chi connectivity index (χ0) is 20.1. The molecule has 0 radical (unpaired) electrons. The summed E-state index contributed by atoms with van der Waals surface area (Å²) >= 11 is 0. The standard InChI is InChI=1S/C23H31FO2Si/c1-18(16-20(24)17-25)19(2)26-27(23(3,4)5,21-12-8-6-9-13-21)22-14-10-7-11-15-22/h6-16,18-19,25H,17H2,1-5H3/b20-16+/t18-,19+/m1/s1. The molecule has 0 aliphatic rings. The third kappa shape index (κ3) is 4.75. The van der Waals surface area contributed by atoms with E-state index in [0.717, 1.165) is 0 Å². The minimum absolute atomic E-state index is 0.122. The van der Waals surface area contributed by atoms with Crippen LogP contribution in [0.25, 0.3) is 0 Å². The highest BCUT2D eigenvalue weighted by atomic mass is 28.4. The lowest BCUT2D eigenvalue weighted by Crippen LogP contribution is -2.67. The third-order valence-corrected chi connectivity index (χ3v) is 10.2. The van der Waals surface area contributed by atoms with Gasteiger partial charge in [0.2, 0.25) is 0 Å². The second-order valence-corrected chi connectivity index (χ2v) is 12.4. The van der Waals surface area contributed by atoms with Crippen molar-refractivity contribution in [2.45, 2.75) is 45.8 Å². The van der Waals surface area contributed by atoms with Gasteiger partial charge in [-0.05, 0) is 28.4 Å². The minimum atomic E-state index is -2.65. The van der Waals surface area contributed by atoms with E-state index in [2.05, 4.69) is 69.3 Å². The predicted octanol–water partition coefficient (Wildman–Crippen LogP) is 4.43. The molecule has 0 fully saturated rings. The number of benzene rings is 2. The Morgan fingerprint density at radius 1 is 1.00 bits per heavy atom. The van der Waals surface area contributed by atoms with Crippen molar-refractivity contribution in [1.82, 2.24) is 0 Å². The lowest BCUT2D eigenvalue weighted by atomic mass is 10.1. The molecular weight excluding hydrogens is 355 g/mol. The van der Waals surface area contributed by atoms with E-state index < -0.39 is 20.8 Å². The summed E-state index contributed by atoms with van der Waals surface area (Å²) in [6.45, 7) is 10.0. The lowest BCUT2D eigenvalue weighted by Gasteiger charge is -2.45. The highest BCUT2D eigenvalue weighted by Crippen LogP contribution is 2.38. The van der Waals surface area contributed by atoms with Gasteiger partial charge < -0.3 is 9.53 Å². The Labute approximate surface area is 163 Å². The highest BCUT2D eigenvalue weighted by molar-refractivity contribution is 6.99. The van der Waals surface area contributed by atoms with E-state index >= 15 is 0 Å². The van der Waals surface area contributed by atoms with Crippen LogP contribution in [0.1, 0.15) is 34.6 Å². The molecule has 1 N–H and O–H groups in total. The Kier molecular flexibility index (Phi) is 7.15. The van der Waals surface area contributed by atoms with E-state index in [-0.39, 0.29) is 17.1 Å². The lowest BCUT2D eigenvalue weighted by molar-refractivity contribution is 0.168. The van der Waals surface area contributed by atoms with Gasteiger partial charge in [-0.3, -0.25) is 0 Å². The topological polar surface area (TPSA) is 29.5 Å². The van der Waals surface area contributed by atoms with Gasteiger partial charge in [-0.25, -0.2) is 4.39 Å². The first-order chi connectivity index (χ1) is 12.7. The van der Waals surface area contributed by atoms with Gasteiger partial charge >= 0.3 is 0 Å². The number of hydrogen-bond acceptors (Lipinski definition) is 2. The summed E-state index contributed by atoms with van der Waals surface area (Å²) in [4.78, 5) is 0. The average Bonchev–Trinajstić information content (AvgIpc) is 2.66. The third-order valence-electron chi connectivity index (χ3n) is 5.11. The average molecular weight is 387 g/mol. The fourth-order valence-corrected chi connectivity index (χ4v) is 8.34. The summed E-state index contributed by atoms with van der Waals surface area (Å²) < 4.78 is 20.6. The maximum absolute atomic E-state index is 13.6. The summed E-state index contributed by atoms with van der Waals surface area (Å²) in [5, 5.41) is 11.3. The van der Waals surface area contributed by atoms with Crippen LogP contribution in [0, 0.1) is 5.92 Å². The normalized spacial score (nSPS) is 15.4. The van der Waals surface area contributed by atoms with Gasteiger partial charge in [-0.2, -0.15) is 0 Å². The molecule has 2 aromatic rings. The molecule has 0 amide bonds. The van der Waals surface area contributed by atoms with E-state index in [0.29, 0.717) is 0 Å². The number of rotatable bonds is 7. The van der Waals surface area contributed by atoms with Gasteiger partial charge in [0.1, 0.15) is 5.83 Å². The molecule has 146 valence electrons. The van der Waals surface area contributed by atoms with Crippen LogP contribution in [0.2, 0.25) is 5.04 Å². The zero-order valence-corrected chi connectivity index (χ0v) is 17.9. The molecule has 2 rings (SSSR count).